The summed E-state index contributed by atoms with van der Waals surface area (Å²) in [7, 11) is -2.31. The molecule has 0 fully saturated rings. The molecule has 146 valence electrons. The average molecular weight is 395 g/mol. The van der Waals surface area contributed by atoms with Gasteiger partial charge in [0.05, 0.1) is 23.4 Å². The number of amides is 2. The van der Waals surface area contributed by atoms with Gasteiger partial charge in [-0.3, -0.25) is 0 Å². The van der Waals surface area contributed by atoms with E-state index in [1.165, 1.54) is 47.8 Å². The molecule has 0 aliphatic rings. The zero-order valence-electron chi connectivity index (χ0n) is 15.3. The minimum absolute atomic E-state index is 0.000819. The first-order chi connectivity index (χ1) is 12.8. The van der Waals surface area contributed by atoms with Crippen LogP contribution in [0, 0.1) is 5.82 Å². The van der Waals surface area contributed by atoms with Gasteiger partial charge in [-0.1, -0.05) is 26.0 Å². The first-order valence-corrected chi connectivity index (χ1v) is 9.78. The second kappa shape index (κ2) is 8.83. The molecule has 2 rings (SSSR count). The molecule has 0 saturated heterocycles. The largest absolute Gasteiger partial charge is 0.495 e. The molecular weight excluding hydrogens is 373 g/mol. The molecule has 0 bridgehead atoms. The van der Waals surface area contributed by atoms with Gasteiger partial charge in [-0.25, -0.2) is 17.6 Å². The normalized spacial score (nSPS) is 11.3. The molecule has 0 radical (unpaired) electrons. The van der Waals surface area contributed by atoms with Crippen LogP contribution in [0.2, 0.25) is 0 Å². The fraction of sp³-hybridized carbons (Fsp3) is 0.278. The fourth-order valence-electron chi connectivity index (χ4n) is 2.50. The Morgan fingerprint density at radius 1 is 1.07 bits per heavy atom. The lowest BCUT2D eigenvalue weighted by Gasteiger charge is -2.19. The Morgan fingerprint density at radius 2 is 1.70 bits per heavy atom. The van der Waals surface area contributed by atoms with Crippen LogP contribution in [0.5, 0.6) is 5.75 Å². The highest BCUT2D eigenvalue weighted by molar-refractivity contribution is 7.89. The Kier molecular flexibility index (Phi) is 6.75. The van der Waals surface area contributed by atoms with Gasteiger partial charge < -0.3 is 15.4 Å². The Labute approximate surface area is 158 Å². The van der Waals surface area contributed by atoms with E-state index in [0.29, 0.717) is 13.1 Å². The summed E-state index contributed by atoms with van der Waals surface area (Å²) in [5.41, 5.74) is 0.153. The van der Waals surface area contributed by atoms with Gasteiger partial charge in [-0.05, 0) is 30.3 Å². The van der Waals surface area contributed by atoms with Crippen molar-refractivity contribution in [3.63, 3.8) is 0 Å². The molecule has 0 spiro atoms. The summed E-state index contributed by atoms with van der Waals surface area (Å²) in [5.74, 6) is -0.311. The highest BCUT2D eigenvalue weighted by Gasteiger charge is 2.23. The number of methoxy groups -OCH3 is 1. The molecule has 2 amide bonds. The Balaban J connectivity index is 2.30. The second-order valence-corrected chi connectivity index (χ2v) is 7.45. The molecule has 0 aliphatic carbocycles. The molecule has 2 N–H and O–H groups in total. The predicted molar refractivity (Wildman–Crippen MR) is 102 cm³/mol. The number of carbonyl (C=O) groups is 1. The van der Waals surface area contributed by atoms with E-state index in [2.05, 4.69) is 10.6 Å². The van der Waals surface area contributed by atoms with Crippen LogP contribution in [0.3, 0.4) is 0 Å². The number of nitrogens with one attached hydrogen (secondary N) is 2. The first kappa shape index (κ1) is 20.7. The molecule has 0 aliphatic heterocycles. The summed E-state index contributed by atoms with van der Waals surface area (Å²) >= 11 is 0. The van der Waals surface area contributed by atoms with Crippen molar-refractivity contribution in [1.82, 2.24) is 4.31 Å². The van der Waals surface area contributed by atoms with Crippen LogP contribution in [0.1, 0.15) is 13.8 Å². The summed E-state index contributed by atoms with van der Waals surface area (Å²) in [4.78, 5) is 12.2. The first-order valence-electron chi connectivity index (χ1n) is 8.34. The monoisotopic (exact) mass is 395 g/mol. The van der Waals surface area contributed by atoms with E-state index >= 15 is 0 Å². The Morgan fingerprint density at radius 3 is 2.30 bits per heavy atom. The van der Waals surface area contributed by atoms with E-state index in [1.54, 1.807) is 19.9 Å². The van der Waals surface area contributed by atoms with Crippen LogP contribution in [-0.2, 0) is 10.0 Å². The Hall–Kier alpha value is -2.65. The zero-order chi connectivity index (χ0) is 20.0. The van der Waals surface area contributed by atoms with Crippen LogP contribution >= 0.6 is 0 Å². The Bertz CT molecular complexity index is 915. The number of nitrogens with zero attached hydrogens (tertiary/aromatic N) is 1. The summed E-state index contributed by atoms with van der Waals surface area (Å²) in [6.07, 6.45) is 0. The number of benzene rings is 2. The van der Waals surface area contributed by atoms with Crippen molar-refractivity contribution in [1.29, 1.82) is 0 Å². The summed E-state index contributed by atoms with van der Waals surface area (Å²) in [6, 6.07) is 9.16. The van der Waals surface area contributed by atoms with Gasteiger partial charge in [-0.2, -0.15) is 4.31 Å². The van der Waals surface area contributed by atoms with Crippen molar-refractivity contribution in [2.75, 3.05) is 30.8 Å². The van der Waals surface area contributed by atoms with Crippen LogP contribution < -0.4 is 15.4 Å². The number of ether oxygens (including phenoxy) is 1. The molecule has 0 heterocycles. The average Bonchev–Trinajstić information content (AvgIpc) is 2.64. The molecule has 7 nitrogen and oxygen atoms in total. The highest BCUT2D eigenvalue weighted by Crippen LogP contribution is 2.29. The minimum Gasteiger partial charge on any atom is -0.495 e. The number of carbonyl (C=O) groups excluding carboxylic acids is 1. The molecule has 0 unspecified atom stereocenters. The van der Waals surface area contributed by atoms with Gasteiger partial charge in [0.25, 0.3) is 0 Å². The number of sulfonamides is 1. The summed E-state index contributed by atoms with van der Waals surface area (Å²) in [6.45, 7) is 4.12. The van der Waals surface area contributed by atoms with Crippen molar-refractivity contribution >= 4 is 27.4 Å². The molecule has 27 heavy (non-hydrogen) atoms. The smallest absolute Gasteiger partial charge is 0.323 e. The van der Waals surface area contributed by atoms with Gasteiger partial charge >= 0.3 is 6.03 Å². The van der Waals surface area contributed by atoms with E-state index in [0.717, 1.165) is 0 Å². The van der Waals surface area contributed by atoms with Crippen molar-refractivity contribution in [3.8, 4) is 5.75 Å². The SMILES string of the molecule is CCN(CC)S(=O)(=O)c1ccc(OC)c(NC(=O)Nc2ccccc2F)c1. The third-order valence-corrected chi connectivity index (χ3v) is 5.93. The van der Waals surface area contributed by atoms with Crippen molar-refractivity contribution in [2.24, 2.45) is 0 Å². The lowest BCUT2D eigenvalue weighted by molar-refractivity contribution is 0.262. The van der Waals surface area contributed by atoms with Crippen LogP contribution in [0.15, 0.2) is 47.4 Å². The summed E-state index contributed by atoms with van der Waals surface area (Å²) < 4.78 is 45.5. The topological polar surface area (TPSA) is 87.7 Å². The number of hydrogen-bond donors (Lipinski definition) is 2. The van der Waals surface area contributed by atoms with Gasteiger partial charge in [0.1, 0.15) is 11.6 Å². The van der Waals surface area contributed by atoms with Gasteiger partial charge in [0.15, 0.2) is 0 Å². The third-order valence-electron chi connectivity index (χ3n) is 3.88. The molecule has 0 atom stereocenters. The molecular formula is C18H22FN3O4S. The lowest BCUT2D eigenvalue weighted by atomic mass is 10.3. The van der Waals surface area contributed by atoms with Crippen LogP contribution in [-0.4, -0.2) is 39.0 Å². The van der Waals surface area contributed by atoms with Crippen molar-refractivity contribution in [2.45, 2.75) is 18.7 Å². The highest BCUT2D eigenvalue weighted by atomic mass is 32.2. The number of anilines is 2. The standard InChI is InChI=1S/C18H22FN3O4S/c1-4-22(5-2)27(24,25)13-10-11-17(26-3)16(12-13)21-18(23)20-15-9-7-6-8-14(15)19/h6-12H,4-5H2,1-3H3,(H2,20,21,23). The maximum Gasteiger partial charge on any atom is 0.323 e. The van der Waals surface area contributed by atoms with E-state index < -0.39 is 21.9 Å². The van der Waals surface area contributed by atoms with E-state index in [4.69, 9.17) is 4.74 Å². The number of rotatable bonds is 7. The van der Waals surface area contributed by atoms with Gasteiger partial charge in [-0.15, -0.1) is 0 Å². The number of halogens is 1. The number of para-hydroxylation sites is 1. The maximum absolute atomic E-state index is 13.7. The van der Waals surface area contributed by atoms with E-state index in [1.807, 2.05) is 0 Å². The minimum atomic E-state index is -3.70. The van der Waals surface area contributed by atoms with E-state index in [9.17, 15) is 17.6 Å². The zero-order valence-corrected chi connectivity index (χ0v) is 16.1. The molecule has 0 aromatic heterocycles. The lowest BCUT2D eigenvalue weighted by Crippen LogP contribution is -2.30. The second-order valence-electron chi connectivity index (χ2n) is 5.51. The molecule has 2 aromatic rings. The summed E-state index contributed by atoms with van der Waals surface area (Å²) in [5, 5.41) is 4.87. The molecule has 2 aromatic carbocycles. The van der Waals surface area contributed by atoms with E-state index in [-0.39, 0.29) is 22.0 Å². The van der Waals surface area contributed by atoms with Crippen LogP contribution in [0.4, 0.5) is 20.6 Å². The number of hydrogen-bond acceptors (Lipinski definition) is 4. The quantitative estimate of drug-likeness (QED) is 0.751. The van der Waals surface area contributed by atoms with Crippen molar-refractivity contribution in [3.05, 3.63) is 48.3 Å². The van der Waals surface area contributed by atoms with Crippen LogP contribution in [0.25, 0.3) is 0 Å². The van der Waals surface area contributed by atoms with Gasteiger partial charge in [0.2, 0.25) is 10.0 Å². The predicted octanol–water partition coefficient (Wildman–Crippen LogP) is 3.51. The number of urea groups is 1. The molecule has 9 heteroatoms. The fourth-order valence-corrected chi connectivity index (χ4v) is 3.98. The molecule has 0 saturated carbocycles. The maximum atomic E-state index is 13.7. The van der Waals surface area contributed by atoms with Crippen molar-refractivity contribution < 1.29 is 22.3 Å². The van der Waals surface area contributed by atoms with Gasteiger partial charge in [0, 0.05) is 13.1 Å². The third kappa shape index (κ3) is 4.75.